The molecule has 0 unspecified atom stereocenters. The molecular weight excluding hydrogens is 250 g/mol. The largest absolute Gasteiger partial charge is 0.248 e. The van der Waals surface area contributed by atoms with E-state index < -0.39 is 9.84 Å². The number of pyridine rings is 1. The van der Waals surface area contributed by atoms with Crippen molar-refractivity contribution in [1.82, 2.24) is 15.0 Å². The van der Waals surface area contributed by atoms with Crippen molar-refractivity contribution in [2.24, 2.45) is 0 Å². The number of sulfone groups is 1. The Bertz CT molecular complexity index is 670. The Morgan fingerprint density at radius 3 is 2.62 bits per heavy atom. The highest BCUT2D eigenvalue weighted by atomic mass is 35.5. The van der Waals surface area contributed by atoms with Crippen molar-refractivity contribution in [3.8, 4) is 0 Å². The summed E-state index contributed by atoms with van der Waals surface area (Å²) in [7, 11) is -3.42. The first kappa shape index (κ1) is 11.2. The Balaban J connectivity index is 2.77. The van der Waals surface area contributed by atoms with Crippen LogP contribution in [-0.4, -0.2) is 29.6 Å². The van der Waals surface area contributed by atoms with Crippen LogP contribution in [0, 0.1) is 6.92 Å². The molecule has 84 valence electrons. The average Bonchev–Trinajstić information content (AvgIpc) is 2.17. The summed E-state index contributed by atoms with van der Waals surface area (Å²) >= 11 is 5.83. The highest BCUT2D eigenvalue weighted by molar-refractivity contribution is 7.90. The number of aromatic nitrogens is 3. The van der Waals surface area contributed by atoms with Crippen LogP contribution in [0.15, 0.2) is 17.4 Å². The summed E-state index contributed by atoms with van der Waals surface area (Å²) in [6.07, 6.45) is 2.47. The number of rotatable bonds is 1. The van der Waals surface area contributed by atoms with Gasteiger partial charge in [0.05, 0.1) is 0 Å². The lowest BCUT2D eigenvalue weighted by molar-refractivity contribution is 0.593. The molecule has 0 radical (unpaired) electrons. The predicted molar refractivity (Wildman–Crippen MR) is 60.2 cm³/mol. The summed E-state index contributed by atoms with van der Waals surface area (Å²) < 4.78 is 22.5. The molecule has 0 atom stereocenters. The van der Waals surface area contributed by atoms with E-state index in [0.29, 0.717) is 10.5 Å². The molecule has 0 aliphatic heterocycles. The fourth-order valence-electron chi connectivity index (χ4n) is 1.21. The van der Waals surface area contributed by atoms with Crippen LogP contribution in [0.5, 0.6) is 0 Å². The van der Waals surface area contributed by atoms with Crippen LogP contribution in [-0.2, 0) is 9.84 Å². The quantitative estimate of drug-likeness (QED) is 0.570. The molecular formula is C9H8ClN3O2S. The second kappa shape index (κ2) is 3.64. The predicted octanol–water partition coefficient (Wildman–Crippen LogP) is 1.39. The third-order valence-corrected chi connectivity index (χ3v) is 3.25. The first-order valence-corrected chi connectivity index (χ1v) is 6.65. The highest BCUT2D eigenvalue weighted by Gasteiger charge is 2.12. The third-order valence-electron chi connectivity index (χ3n) is 2.01. The van der Waals surface area contributed by atoms with Crippen molar-refractivity contribution in [1.29, 1.82) is 0 Å². The van der Waals surface area contributed by atoms with Gasteiger partial charge in [0.15, 0.2) is 5.65 Å². The van der Waals surface area contributed by atoms with Crippen LogP contribution in [0.2, 0.25) is 5.15 Å². The zero-order valence-corrected chi connectivity index (χ0v) is 10.2. The van der Waals surface area contributed by atoms with Gasteiger partial charge in [-0.1, -0.05) is 11.6 Å². The molecule has 0 fully saturated rings. The van der Waals surface area contributed by atoms with E-state index in [1.165, 1.54) is 6.20 Å². The standard InChI is InChI=1S/C9H8ClN3O2S/c1-5-3-6-4-11-9(16(2,14)15)13-8(6)12-7(5)10/h3-4H,1-2H3. The van der Waals surface area contributed by atoms with Gasteiger partial charge in [0, 0.05) is 17.8 Å². The molecule has 0 spiro atoms. The fourth-order valence-corrected chi connectivity index (χ4v) is 1.84. The van der Waals surface area contributed by atoms with Crippen LogP contribution in [0.4, 0.5) is 0 Å². The lowest BCUT2D eigenvalue weighted by Crippen LogP contribution is -2.04. The van der Waals surface area contributed by atoms with Crippen LogP contribution in [0.1, 0.15) is 5.56 Å². The SMILES string of the molecule is Cc1cc2cnc(S(C)(=O)=O)nc2nc1Cl. The van der Waals surface area contributed by atoms with E-state index in [4.69, 9.17) is 11.6 Å². The minimum atomic E-state index is -3.42. The molecule has 0 aliphatic rings. The van der Waals surface area contributed by atoms with Crippen molar-refractivity contribution < 1.29 is 8.42 Å². The highest BCUT2D eigenvalue weighted by Crippen LogP contribution is 2.18. The minimum Gasteiger partial charge on any atom is -0.226 e. The molecule has 2 heterocycles. The van der Waals surface area contributed by atoms with Gasteiger partial charge in [0.1, 0.15) is 5.15 Å². The van der Waals surface area contributed by atoms with Gasteiger partial charge in [-0.25, -0.2) is 18.4 Å². The van der Waals surface area contributed by atoms with Gasteiger partial charge < -0.3 is 0 Å². The summed E-state index contributed by atoms with van der Waals surface area (Å²) in [5, 5.41) is 0.729. The summed E-state index contributed by atoms with van der Waals surface area (Å²) in [4.78, 5) is 11.6. The average molecular weight is 258 g/mol. The zero-order valence-electron chi connectivity index (χ0n) is 8.60. The molecule has 0 N–H and O–H groups in total. The van der Waals surface area contributed by atoms with E-state index in [2.05, 4.69) is 15.0 Å². The number of hydrogen-bond donors (Lipinski definition) is 0. The molecule has 0 aliphatic carbocycles. The van der Waals surface area contributed by atoms with Gasteiger partial charge in [0.25, 0.3) is 0 Å². The van der Waals surface area contributed by atoms with Gasteiger partial charge in [0.2, 0.25) is 15.0 Å². The van der Waals surface area contributed by atoms with Crippen LogP contribution in [0.3, 0.4) is 0 Å². The molecule has 0 saturated heterocycles. The maximum atomic E-state index is 11.2. The number of hydrogen-bond acceptors (Lipinski definition) is 5. The van der Waals surface area contributed by atoms with E-state index in [-0.39, 0.29) is 10.8 Å². The number of aryl methyl sites for hydroxylation is 1. The third kappa shape index (κ3) is 1.98. The Kier molecular flexibility index (Phi) is 2.55. The normalized spacial score (nSPS) is 11.9. The molecule has 0 bridgehead atoms. The lowest BCUT2D eigenvalue weighted by Gasteiger charge is -2.01. The van der Waals surface area contributed by atoms with E-state index in [0.717, 1.165) is 11.8 Å². The molecule has 5 nitrogen and oxygen atoms in total. The Labute approximate surface area is 97.4 Å². The molecule has 2 rings (SSSR count). The topological polar surface area (TPSA) is 72.8 Å². The van der Waals surface area contributed by atoms with Gasteiger partial charge in [-0.2, -0.15) is 4.98 Å². The van der Waals surface area contributed by atoms with Crippen molar-refractivity contribution >= 4 is 32.5 Å². The van der Waals surface area contributed by atoms with Crippen LogP contribution >= 0.6 is 11.6 Å². The molecule has 2 aromatic rings. The van der Waals surface area contributed by atoms with Gasteiger partial charge in [-0.15, -0.1) is 0 Å². The van der Waals surface area contributed by atoms with Crippen molar-refractivity contribution in [3.63, 3.8) is 0 Å². The van der Waals surface area contributed by atoms with E-state index >= 15 is 0 Å². The first-order valence-electron chi connectivity index (χ1n) is 4.38. The Hall–Kier alpha value is -1.27. The summed E-state index contributed by atoms with van der Waals surface area (Å²) in [5.74, 6) is 0. The van der Waals surface area contributed by atoms with E-state index in [9.17, 15) is 8.42 Å². The molecule has 2 aromatic heterocycles. The van der Waals surface area contributed by atoms with Crippen LogP contribution in [0.25, 0.3) is 11.0 Å². The Morgan fingerprint density at radius 2 is 2.00 bits per heavy atom. The molecule has 0 aromatic carbocycles. The molecule has 16 heavy (non-hydrogen) atoms. The number of nitrogens with zero attached hydrogens (tertiary/aromatic N) is 3. The minimum absolute atomic E-state index is 0.243. The van der Waals surface area contributed by atoms with Gasteiger partial charge in [-0.05, 0) is 18.6 Å². The van der Waals surface area contributed by atoms with Crippen molar-refractivity contribution in [3.05, 3.63) is 23.0 Å². The summed E-state index contributed by atoms with van der Waals surface area (Å²) in [5.41, 5.74) is 1.08. The monoisotopic (exact) mass is 257 g/mol. The smallest absolute Gasteiger partial charge is 0.226 e. The van der Waals surface area contributed by atoms with Crippen molar-refractivity contribution in [2.45, 2.75) is 12.1 Å². The second-order valence-corrected chi connectivity index (χ2v) is 5.70. The second-order valence-electron chi connectivity index (χ2n) is 3.43. The summed E-state index contributed by atoms with van der Waals surface area (Å²) in [6.45, 7) is 1.80. The van der Waals surface area contributed by atoms with Gasteiger partial charge in [-0.3, -0.25) is 0 Å². The molecule has 0 amide bonds. The van der Waals surface area contributed by atoms with Crippen molar-refractivity contribution in [2.75, 3.05) is 6.26 Å². The molecule has 0 saturated carbocycles. The van der Waals surface area contributed by atoms with Crippen LogP contribution < -0.4 is 0 Å². The zero-order chi connectivity index (χ0) is 11.9. The number of fused-ring (bicyclic) bond motifs is 1. The fraction of sp³-hybridized carbons (Fsp3) is 0.222. The van der Waals surface area contributed by atoms with E-state index in [1.54, 1.807) is 13.0 Å². The lowest BCUT2D eigenvalue weighted by atomic mass is 10.2. The summed E-state index contributed by atoms with van der Waals surface area (Å²) in [6, 6.07) is 1.76. The number of halogens is 1. The molecule has 7 heteroatoms. The van der Waals surface area contributed by atoms with Gasteiger partial charge >= 0.3 is 0 Å². The van der Waals surface area contributed by atoms with E-state index in [1.807, 2.05) is 0 Å². The first-order chi connectivity index (χ1) is 7.38. The maximum absolute atomic E-state index is 11.2. The Morgan fingerprint density at radius 1 is 1.31 bits per heavy atom. The maximum Gasteiger partial charge on any atom is 0.248 e.